The lowest BCUT2D eigenvalue weighted by Gasteiger charge is -2.06. The molecule has 0 aromatic heterocycles. The van der Waals surface area contributed by atoms with E-state index in [1.54, 1.807) is 30.7 Å². The van der Waals surface area contributed by atoms with Crippen molar-refractivity contribution >= 4 is 17.3 Å². The number of benzene rings is 2. The van der Waals surface area contributed by atoms with Crippen molar-refractivity contribution < 1.29 is 13.7 Å². The van der Waals surface area contributed by atoms with Crippen LogP contribution in [0.15, 0.2) is 53.9 Å². The zero-order valence-electron chi connectivity index (χ0n) is 11.1. The summed E-state index contributed by atoms with van der Waals surface area (Å²) in [7, 11) is 1.61. The van der Waals surface area contributed by atoms with Crippen molar-refractivity contribution in [3.8, 4) is 5.75 Å². The van der Waals surface area contributed by atoms with E-state index in [4.69, 9.17) is 4.74 Å². The van der Waals surface area contributed by atoms with Gasteiger partial charge >= 0.3 is 0 Å². The van der Waals surface area contributed by atoms with Crippen LogP contribution in [-0.2, 0) is 16.9 Å². The Bertz CT molecular complexity index is 564. The van der Waals surface area contributed by atoms with Gasteiger partial charge in [0.1, 0.15) is 22.7 Å². The van der Waals surface area contributed by atoms with E-state index in [1.165, 1.54) is 12.1 Å². The number of hydrogen-bond donors (Lipinski definition) is 0. The van der Waals surface area contributed by atoms with Gasteiger partial charge in [0.25, 0.3) is 0 Å². The Kier molecular flexibility index (Phi) is 5.21. The maximum Gasteiger partial charge on any atom is 0.135 e. The summed E-state index contributed by atoms with van der Waals surface area (Å²) in [5, 5.41) is 1.62. The van der Waals surface area contributed by atoms with Crippen LogP contribution in [-0.4, -0.2) is 11.7 Å². The number of halogens is 1. The van der Waals surface area contributed by atoms with Gasteiger partial charge in [-0.15, -0.1) is 0 Å². The maximum atomic E-state index is 12.7. The molecule has 0 bridgehead atoms. The van der Waals surface area contributed by atoms with Crippen LogP contribution < -0.4 is 4.74 Å². The average Bonchev–Trinajstić information content (AvgIpc) is 2.47. The molecule has 0 saturated carbocycles. The molecule has 0 N–H and O–H groups in total. The van der Waals surface area contributed by atoms with E-state index >= 15 is 0 Å². The first-order chi connectivity index (χ1) is 9.67. The molecule has 104 valence electrons. The van der Waals surface area contributed by atoms with Gasteiger partial charge in [-0.1, -0.05) is 24.3 Å². The minimum atomic E-state index is -1.10. The van der Waals surface area contributed by atoms with E-state index in [1.807, 2.05) is 24.3 Å². The topological polar surface area (TPSA) is 32.3 Å². The third-order valence-electron chi connectivity index (χ3n) is 2.75. The van der Waals surface area contributed by atoms with E-state index in [9.17, 15) is 8.94 Å². The zero-order valence-corrected chi connectivity index (χ0v) is 11.9. The molecule has 0 aliphatic heterocycles. The standard InChI is InChI=1S/C16H15FO2S/c1-19-16-8-4-14(5-9-16)12-20(18)11-10-13-2-6-15(17)7-3-13/h2-11H,12H2,1H3. The van der Waals surface area contributed by atoms with Crippen molar-refractivity contribution in [2.24, 2.45) is 0 Å². The fourth-order valence-corrected chi connectivity index (χ4v) is 2.59. The van der Waals surface area contributed by atoms with Crippen LogP contribution >= 0.6 is 0 Å². The van der Waals surface area contributed by atoms with Gasteiger partial charge in [-0.05, 0) is 47.1 Å². The first-order valence-corrected chi connectivity index (χ1v) is 7.49. The number of hydrogen-bond acceptors (Lipinski definition) is 2. The van der Waals surface area contributed by atoms with Gasteiger partial charge in [-0.2, -0.15) is 0 Å². The highest BCUT2D eigenvalue weighted by Gasteiger charge is 2.04. The van der Waals surface area contributed by atoms with Crippen molar-refractivity contribution in [2.75, 3.05) is 7.11 Å². The normalized spacial score (nSPS) is 12.6. The summed E-state index contributed by atoms with van der Waals surface area (Å²) in [6.07, 6.45) is 1.74. The Morgan fingerprint density at radius 2 is 1.75 bits per heavy atom. The highest BCUT2D eigenvalue weighted by molar-refractivity contribution is 7.93. The lowest BCUT2D eigenvalue weighted by Crippen LogP contribution is -2.00. The third-order valence-corrected chi connectivity index (χ3v) is 3.81. The molecule has 20 heavy (non-hydrogen) atoms. The second-order valence-electron chi connectivity index (χ2n) is 4.23. The molecule has 0 radical (unpaired) electrons. The Hall–Kier alpha value is -1.78. The summed E-state index contributed by atoms with van der Waals surface area (Å²) in [4.78, 5) is 0. The fourth-order valence-electron chi connectivity index (χ4n) is 1.66. The Morgan fingerprint density at radius 1 is 1.10 bits per heavy atom. The van der Waals surface area contributed by atoms with Crippen LogP contribution in [0.4, 0.5) is 4.39 Å². The van der Waals surface area contributed by atoms with Crippen LogP contribution in [0.25, 0.3) is 6.08 Å². The molecule has 0 saturated heterocycles. The van der Waals surface area contributed by atoms with Crippen molar-refractivity contribution in [3.63, 3.8) is 0 Å². The molecule has 1 unspecified atom stereocenters. The molecule has 2 aromatic carbocycles. The van der Waals surface area contributed by atoms with Crippen LogP contribution in [0.5, 0.6) is 5.75 Å². The zero-order chi connectivity index (χ0) is 14.4. The Labute approximate surface area is 121 Å². The summed E-state index contributed by atoms with van der Waals surface area (Å²) in [5.74, 6) is 0.949. The van der Waals surface area contributed by atoms with E-state index in [-0.39, 0.29) is 5.82 Å². The van der Waals surface area contributed by atoms with Crippen LogP contribution in [0.2, 0.25) is 0 Å². The molecule has 0 aliphatic rings. The fraction of sp³-hybridized carbons (Fsp3) is 0.125. The van der Waals surface area contributed by atoms with Crippen LogP contribution in [0, 0.1) is 5.82 Å². The molecule has 0 heterocycles. The molecular formula is C16H15FO2S. The van der Waals surface area contributed by atoms with Gasteiger partial charge in [0.2, 0.25) is 0 Å². The summed E-state index contributed by atoms with van der Waals surface area (Å²) in [5.41, 5.74) is 1.81. The first kappa shape index (κ1) is 14.6. The molecule has 0 amide bonds. The molecule has 0 fully saturated rings. The molecule has 2 aromatic rings. The quantitative estimate of drug-likeness (QED) is 0.785. The first-order valence-electron chi connectivity index (χ1n) is 6.11. The van der Waals surface area contributed by atoms with Crippen LogP contribution in [0.3, 0.4) is 0 Å². The highest BCUT2D eigenvalue weighted by atomic mass is 32.2. The molecular weight excluding hydrogens is 275 g/mol. The average molecular weight is 290 g/mol. The summed E-state index contributed by atoms with van der Waals surface area (Å²) >= 11 is -1.10. The monoisotopic (exact) mass is 290 g/mol. The predicted octanol–water partition coefficient (Wildman–Crippen LogP) is 3.75. The van der Waals surface area contributed by atoms with Crippen molar-refractivity contribution in [2.45, 2.75) is 5.75 Å². The van der Waals surface area contributed by atoms with Crippen molar-refractivity contribution in [1.82, 2.24) is 0 Å². The number of ether oxygens (including phenoxy) is 1. The van der Waals surface area contributed by atoms with E-state index in [0.29, 0.717) is 5.75 Å². The van der Waals surface area contributed by atoms with E-state index in [2.05, 4.69) is 0 Å². The van der Waals surface area contributed by atoms with E-state index < -0.39 is 11.2 Å². The molecule has 4 heteroatoms. The predicted molar refractivity (Wildman–Crippen MR) is 80.3 cm³/mol. The van der Waals surface area contributed by atoms with Gasteiger partial charge in [-0.25, -0.2) is 4.39 Å². The second kappa shape index (κ2) is 7.12. The number of methoxy groups -OCH3 is 1. The van der Waals surface area contributed by atoms with Gasteiger partial charge in [0.05, 0.1) is 7.11 Å². The third kappa shape index (κ3) is 4.40. The Morgan fingerprint density at radius 3 is 2.35 bits per heavy atom. The van der Waals surface area contributed by atoms with Crippen molar-refractivity contribution in [1.29, 1.82) is 0 Å². The van der Waals surface area contributed by atoms with Gasteiger partial charge in [0, 0.05) is 5.56 Å². The summed E-state index contributed by atoms with van der Waals surface area (Å²) in [6.45, 7) is 0. The lowest BCUT2D eigenvalue weighted by atomic mass is 10.2. The summed E-state index contributed by atoms with van der Waals surface area (Å²) in [6, 6.07) is 13.5. The molecule has 2 rings (SSSR count). The largest absolute Gasteiger partial charge is 0.612 e. The van der Waals surface area contributed by atoms with E-state index in [0.717, 1.165) is 16.9 Å². The van der Waals surface area contributed by atoms with Gasteiger partial charge in [-0.3, -0.25) is 0 Å². The molecule has 1 atom stereocenters. The number of rotatable bonds is 5. The Balaban J connectivity index is 1.94. The van der Waals surface area contributed by atoms with Crippen molar-refractivity contribution in [3.05, 3.63) is 70.9 Å². The second-order valence-corrected chi connectivity index (χ2v) is 5.55. The highest BCUT2D eigenvalue weighted by Crippen LogP contribution is 2.15. The maximum absolute atomic E-state index is 12.7. The molecule has 0 aliphatic carbocycles. The molecule has 0 spiro atoms. The smallest absolute Gasteiger partial charge is 0.135 e. The summed E-state index contributed by atoms with van der Waals surface area (Å²) < 4.78 is 29.7. The minimum absolute atomic E-state index is 0.276. The van der Waals surface area contributed by atoms with Gasteiger partial charge < -0.3 is 9.29 Å². The SMILES string of the molecule is COc1ccc(C[S+]([O-])C=Cc2ccc(F)cc2)cc1. The lowest BCUT2D eigenvalue weighted by molar-refractivity contribution is 0.414. The molecule has 2 nitrogen and oxygen atoms in total. The van der Waals surface area contributed by atoms with Crippen LogP contribution in [0.1, 0.15) is 11.1 Å². The van der Waals surface area contributed by atoms with Gasteiger partial charge in [0.15, 0.2) is 0 Å². The minimum Gasteiger partial charge on any atom is -0.612 e.